The molecule has 0 atom stereocenters. The summed E-state index contributed by atoms with van der Waals surface area (Å²) in [4.78, 5) is 73.2. The molecule has 3 heterocycles. The molecule has 4 N–H and O–H groups in total. The van der Waals surface area contributed by atoms with Gasteiger partial charge in [-0.25, -0.2) is 9.59 Å². The summed E-state index contributed by atoms with van der Waals surface area (Å²) in [5.74, 6) is -4.85. The lowest BCUT2D eigenvalue weighted by Crippen LogP contribution is -2.54. The van der Waals surface area contributed by atoms with Crippen LogP contribution in [-0.2, 0) is 19.2 Å². The Morgan fingerprint density at radius 2 is 1.36 bits per heavy atom. The largest absolute Gasteiger partial charge is 0.328 e. The van der Waals surface area contributed by atoms with Crippen molar-refractivity contribution in [1.82, 2.24) is 26.3 Å². The van der Waals surface area contributed by atoms with Crippen LogP contribution in [0.1, 0.15) is 17.3 Å². The van der Waals surface area contributed by atoms with Gasteiger partial charge < -0.3 is 0 Å². The van der Waals surface area contributed by atoms with Crippen LogP contribution in [0.5, 0.6) is 0 Å². The summed E-state index contributed by atoms with van der Waals surface area (Å²) in [5.41, 5.74) is -0.244. The number of hydrogen-bond donors (Lipinski definition) is 4. The van der Waals surface area contributed by atoms with Gasteiger partial charge in [-0.3, -0.25) is 45.4 Å². The Kier molecular flexibility index (Phi) is 3.81. The molecule has 0 aromatic carbocycles. The van der Waals surface area contributed by atoms with Crippen LogP contribution in [0.3, 0.4) is 0 Å². The van der Waals surface area contributed by atoms with Gasteiger partial charge in [-0.15, -0.1) is 0 Å². The van der Waals surface area contributed by atoms with Crippen molar-refractivity contribution >= 4 is 41.8 Å². The normalized spacial score (nSPS) is 18.3. The molecule has 1 aromatic rings. The van der Waals surface area contributed by atoms with E-state index in [9.17, 15) is 28.8 Å². The molecule has 2 saturated heterocycles. The number of nitrogens with zero attached hydrogens (tertiary/aromatic N) is 1. The van der Waals surface area contributed by atoms with Crippen LogP contribution in [0.2, 0.25) is 0 Å². The molecule has 11 heteroatoms. The molecule has 0 radical (unpaired) electrons. The molecule has 1 aromatic heterocycles. The van der Waals surface area contributed by atoms with Crippen molar-refractivity contribution in [1.29, 1.82) is 0 Å². The van der Waals surface area contributed by atoms with Crippen LogP contribution >= 0.6 is 0 Å². The van der Waals surface area contributed by atoms with E-state index < -0.39 is 41.6 Å². The molecule has 2 aliphatic heterocycles. The van der Waals surface area contributed by atoms with E-state index in [-0.39, 0.29) is 17.0 Å². The highest BCUT2D eigenvalue weighted by molar-refractivity contribution is 6.31. The molecule has 0 unspecified atom stereocenters. The van der Waals surface area contributed by atoms with E-state index in [0.717, 1.165) is 6.08 Å². The van der Waals surface area contributed by atoms with Crippen molar-refractivity contribution in [3.8, 4) is 0 Å². The Labute approximate surface area is 138 Å². The second-order valence-corrected chi connectivity index (χ2v) is 5.02. The number of barbiturate groups is 2. The number of amides is 8. The maximum atomic E-state index is 11.8. The Bertz CT molecular complexity index is 847. The molecule has 0 saturated carbocycles. The maximum absolute atomic E-state index is 11.8. The first-order chi connectivity index (χ1) is 11.8. The van der Waals surface area contributed by atoms with Crippen LogP contribution in [0.25, 0.3) is 6.08 Å². The number of urea groups is 2. The third-order valence-electron chi connectivity index (χ3n) is 3.32. The fourth-order valence-electron chi connectivity index (χ4n) is 2.25. The van der Waals surface area contributed by atoms with E-state index >= 15 is 0 Å². The molecule has 0 bridgehead atoms. The van der Waals surface area contributed by atoms with Gasteiger partial charge >= 0.3 is 12.1 Å². The highest BCUT2D eigenvalue weighted by Gasteiger charge is 2.36. The molecule has 25 heavy (non-hydrogen) atoms. The van der Waals surface area contributed by atoms with Crippen LogP contribution in [0.4, 0.5) is 9.59 Å². The highest BCUT2D eigenvalue weighted by atomic mass is 16.2. The summed E-state index contributed by atoms with van der Waals surface area (Å²) in [6.07, 6.45) is 1.10. The average Bonchev–Trinajstić information content (AvgIpc) is 2.50. The second-order valence-electron chi connectivity index (χ2n) is 5.02. The predicted molar refractivity (Wildman–Crippen MR) is 78.3 cm³/mol. The van der Waals surface area contributed by atoms with Gasteiger partial charge in [-0.05, 0) is 18.2 Å². The van der Waals surface area contributed by atoms with E-state index in [0.29, 0.717) is 0 Å². The molecular formula is C14H9N5O6. The summed E-state index contributed by atoms with van der Waals surface area (Å²) in [6, 6.07) is 2.40. The van der Waals surface area contributed by atoms with Crippen molar-refractivity contribution in [2.45, 2.75) is 5.92 Å². The first kappa shape index (κ1) is 16.0. The number of rotatable bonds is 2. The fourth-order valence-corrected chi connectivity index (χ4v) is 2.25. The zero-order valence-corrected chi connectivity index (χ0v) is 12.3. The molecular weight excluding hydrogens is 334 g/mol. The topological polar surface area (TPSA) is 163 Å². The summed E-state index contributed by atoms with van der Waals surface area (Å²) in [5, 5.41) is 7.71. The monoisotopic (exact) mass is 343 g/mol. The molecule has 126 valence electrons. The predicted octanol–water partition coefficient (Wildman–Crippen LogP) is -1.72. The standard InChI is InChI=1S/C14H9N5O6/c20-9-6(10(21)17-13(24)16-9)4-5-2-1-3-7(15-5)8-11(22)18-14(25)19-12(8)23/h1-4,8H,(H2,16,17,20,21,24)(H2,18,19,22,23,25). The summed E-state index contributed by atoms with van der Waals surface area (Å²) >= 11 is 0. The van der Waals surface area contributed by atoms with E-state index in [1.165, 1.54) is 18.2 Å². The van der Waals surface area contributed by atoms with Crippen LogP contribution in [-0.4, -0.2) is 40.7 Å². The van der Waals surface area contributed by atoms with Crippen molar-refractivity contribution in [3.63, 3.8) is 0 Å². The van der Waals surface area contributed by atoms with Crippen molar-refractivity contribution in [3.05, 3.63) is 35.2 Å². The number of aromatic nitrogens is 1. The molecule has 8 amide bonds. The molecule has 0 spiro atoms. The maximum Gasteiger partial charge on any atom is 0.328 e. The Balaban J connectivity index is 1.93. The average molecular weight is 343 g/mol. The van der Waals surface area contributed by atoms with Gasteiger partial charge in [0.1, 0.15) is 5.57 Å². The van der Waals surface area contributed by atoms with Gasteiger partial charge in [0.05, 0.1) is 11.4 Å². The Hall–Kier alpha value is -3.89. The summed E-state index contributed by atoms with van der Waals surface area (Å²) < 4.78 is 0. The van der Waals surface area contributed by atoms with Crippen molar-refractivity contribution in [2.75, 3.05) is 0 Å². The van der Waals surface area contributed by atoms with E-state index in [2.05, 4.69) is 4.98 Å². The quantitative estimate of drug-likeness (QED) is 0.282. The van der Waals surface area contributed by atoms with Gasteiger partial charge in [0, 0.05) is 0 Å². The molecule has 2 aliphatic rings. The number of carbonyl (C=O) groups excluding carboxylic acids is 6. The van der Waals surface area contributed by atoms with E-state index in [4.69, 9.17) is 0 Å². The van der Waals surface area contributed by atoms with Crippen molar-refractivity contribution in [2.24, 2.45) is 0 Å². The lowest BCUT2D eigenvalue weighted by atomic mass is 10.0. The number of nitrogens with one attached hydrogen (secondary N) is 4. The number of carbonyl (C=O) groups is 6. The van der Waals surface area contributed by atoms with Gasteiger partial charge in [0.15, 0.2) is 5.92 Å². The van der Waals surface area contributed by atoms with Gasteiger partial charge in [-0.2, -0.15) is 0 Å². The Morgan fingerprint density at radius 3 is 1.96 bits per heavy atom. The minimum absolute atomic E-state index is 0.0181. The zero-order chi connectivity index (χ0) is 18.1. The van der Waals surface area contributed by atoms with Gasteiger partial charge in [-0.1, -0.05) is 6.07 Å². The molecule has 3 rings (SSSR count). The minimum atomic E-state index is -1.35. The van der Waals surface area contributed by atoms with Crippen molar-refractivity contribution < 1.29 is 28.8 Å². The van der Waals surface area contributed by atoms with E-state index in [1.807, 2.05) is 21.3 Å². The van der Waals surface area contributed by atoms with Crippen LogP contribution in [0, 0.1) is 0 Å². The highest BCUT2D eigenvalue weighted by Crippen LogP contribution is 2.18. The van der Waals surface area contributed by atoms with Crippen LogP contribution < -0.4 is 21.3 Å². The third-order valence-corrected chi connectivity index (χ3v) is 3.32. The van der Waals surface area contributed by atoms with E-state index in [1.54, 1.807) is 0 Å². The second kappa shape index (κ2) is 5.96. The number of imide groups is 4. The lowest BCUT2D eigenvalue weighted by molar-refractivity contribution is -0.132. The van der Waals surface area contributed by atoms with Gasteiger partial charge in [0.2, 0.25) is 11.8 Å². The molecule has 0 aliphatic carbocycles. The van der Waals surface area contributed by atoms with Gasteiger partial charge in [0.25, 0.3) is 11.8 Å². The number of pyridine rings is 1. The smallest absolute Gasteiger partial charge is 0.277 e. The summed E-state index contributed by atoms with van der Waals surface area (Å²) in [7, 11) is 0. The first-order valence-corrected chi connectivity index (χ1v) is 6.86. The third kappa shape index (κ3) is 3.10. The van der Waals surface area contributed by atoms with Crippen LogP contribution in [0.15, 0.2) is 23.8 Å². The lowest BCUT2D eigenvalue weighted by Gasteiger charge is -2.20. The molecule has 11 nitrogen and oxygen atoms in total. The fraction of sp³-hybridized carbons (Fsp3) is 0.0714. The summed E-state index contributed by atoms with van der Waals surface area (Å²) in [6.45, 7) is 0. The Morgan fingerprint density at radius 1 is 0.800 bits per heavy atom. The zero-order valence-electron chi connectivity index (χ0n) is 12.3. The first-order valence-electron chi connectivity index (χ1n) is 6.86. The molecule has 2 fully saturated rings. The number of hydrogen-bond acceptors (Lipinski definition) is 7. The SMILES string of the molecule is O=C1NC(=O)C(=Cc2cccc(C3C(=O)NC(=O)NC3=O)n2)C(=O)N1. The minimum Gasteiger partial charge on any atom is -0.277 e.